The average molecular weight is 487 g/mol. The number of fused-ring (bicyclic) bond motifs is 1. The molecule has 0 spiro atoms. The predicted octanol–water partition coefficient (Wildman–Crippen LogP) is 5.38. The molecule has 36 heavy (non-hydrogen) atoms. The molecule has 188 valence electrons. The van der Waals surface area contributed by atoms with E-state index in [-0.39, 0.29) is 5.91 Å². The minimum Gasteiger partial charge on any atom is -0.444 e. The van der Waals surface area contributed by atoms with Gasteiger partial charge in [0.15, 0.2) is 0 Å². The predicted molar refractivity (Wildman–Crippen MR) is 143 cm³/mol. The third-order valence-electron chi connectivity index (χ3n) is 5.89. The van der Waals surface area contributed by atoms with Crippen molar-refractivity contribution in [3.8, 4) is 0 Å². The van der Waals surface area contributed by atoms with Crippen molar-refractivity contribution in [2.24, 2.45) is 4.99 Å². The molecule has 0 fully saturated rings. The van der Waals surface area contributed by atoms with E-state index in [9.17, 15) is 9.59 Å². The molecule has 2 aromatic carbocycles. The maximum absolute atomic E-state index is 14.0. The Hall–Kier alpha value is -3.87. The number of benzene rings is 2. The Bertz CT molecular complexity index is 1280. The lowest BCUT2D eigenvalue weighted by atomic mass is 10.0. The van der Waals surface area contributed by atoms with Gasteiger partial charge in [-0.05, 0) is 62.4 Å². The van der Waals surface area contributed by atoms with Gasteiger partial charge in [0.25, 0.3) is 0 Å². The number of carbonyl (C=O) groups excluding carboxylic acids is 2. The summed E-state index contributed by atoms with van der Waals surface area (Å²) in [6.45, 7) is 8.15. The maximum atomic E-state index is 14.0. The van der Waals surface area contributed by atoms with Crippen LogP contribution >= 0.6 is 0 Å². The van der Waals surface area contributed by atoms with Crippen LogP contribution in [0.5, 0.6) is 0 Å². The number of nitrogens with one attached hydrogen (secondary N) is 2. The first-order valence-corrected chi connectivity index (χ1v) is 12.3. The third kappa shape index (κ3) is 6.84. The number of rotatable bonds is 8. The van der Waals surface area contributed by atoms with Crippen molar-refractivity contribution in [1.29, 1.82) is 0 Å². The van der Waals surface area contributed by atoms with Gasteiger partial charge in [-0.25, -0.2) is 4.79 Å². The van der Waals surface area contributed by atoms with Gasteiger partial charge in [-0.2, -0.15) is 0 Å². The van der Waals surface area contributed by atoms with Crippen LogP contribution in [-0.2, 0) is 22.5 Å². The largest absolute Gasteiger partial charge is 0.444 e. The quantitative estimate of drug-likeness (QED) is 0.448. The Labute approximate surface area is 212 Å². The molecule has 0 radical (unpaired) electrons. The fourth-order valence-corrected chi connectivity index (χ4v) is 4.25. The first-order chi connectivity index (χ1) is 17.2. The highest BCUT2D eigenvalue weighted by Gasteiger charge is 2.29. The van der Waals surface area contributed by atoms with E-state index in [0.29, 0.717) is 19.5 Å². The van der Waals surface area contributed by atoms with Crippen molar-refractivity contribution < 1.29 is 14.3 Å². The molecule has 1 atom stereocenters. The maximum Gasteiger partial charge on any atom is 0.408 e. The molecule has 7 nitrogen and oxygen atoms in total. The second kappa shape index (κ2) is 10.8. The summed E-state index contributed by atoms with van der Waals surface area (Å²) in [5.41, 5.74) is 4.22. The summed E-state index contributed by atoms with van der Waals surface area (Å²) >= 11 is 0. The van der Waals surface area contributed by atoms with Gasteiger partial charge in [0.2, 0.25) is 5.91 Å². The van der Waals surface area contributed by atoms with Crippen molar-refractivity contribution in [2.75, 3.05) is 6.54 Å². The number of aromatic amines is 1. The van der Waals surface area contributed by atoms with E-state index in [1.165, 1.54) is 0 Å². The van der Waals surface area contributed by atoms with Crippen molar-refractivity contribution in [3.05, 3.63) is 83.7 Å². The van der Waals surface area contributed by atoms with Crippen LogP contribution in [0.4, 0.5) is 4.79 Å². The zero-order valence-corrected chi connectivity index (χ0v) is 21.4. The number of alkyl carbamates (subject to hydrolysis) is 1. The number of hydrogen-bond acceptors (Lipinski definition) is 4. The van der Waals surface area contributed by atoms with Gasteiger partial charge in [-0.1, -0.05) is 42.5 Å². The number of H-pyrrole nitrogens is 1. The molecule has 1 aliphatic rings. The minimum atomic E-state index is -0.787. The number of aliphatic imine (C=N–C) groups is 1. The molecule has 2 amide bonds. The van der Waals surface area contributed by atoms with Crippen molar-refractivity contribution in [3.63, 3.8) is 0 Å². The van der Waals surface area contributed by atoms with Gasteiger partial charge < -0.3 is 19.9 Å². The lowest BCUT2D eigenvalue weighted by molar-refractivity contribution is -0.133. The van der Waals surface area contributed by atoms with Gasteiger partial charge in [0.1, 0.15) is 11.6 Å². The molecule has 1 aliphatic heterocycles. The fraction of sp³-hybridized carbons (Fsp3) is 0.345. The molecule has 3 aromatic rings. The highest BCUT2D eigenvalue weighted by Crippen LogP contribution is 2.20. The number of amides is 2. The molecule has 1 aromatic heterocycles. The number of aromatic nitrogens is 1. The fourth-order valence-electron chi connectivity index (χ4n) is 4.25. The van der Waals surface area contributed by atoms with E-state index >= 15 is 0 Å². The van der Waals surface area contributed by atoms with Gasteiger partial charge >= 0.3 is 6.09 Å². The molecule has 7 heteroatoms. The number of allylic oxidation sites excluding steroid dienone is 1. The first-order valence-electron chi connectivity index (χ1n) is 12.3. The Morgan fingerprint density at radius 2 is 1.86 bits per heavy atom. The Morgan fingerprint density at radius 3 is 2.56 bits per heavy atom. The molecular weight excluding hydrogens is 452 g/mol. The Morgan fingerprint density at radius 1 is 1.08 bits per heavy atom. The molecule has 0 saturated heterocycles. The highest BCUT2D eigenvalue weighted by atomic mass is 16.6. The van der Waals surface area contributed by atoms with Crippen LogP contribution in [0, 0.1) is 0 Å². The van der Waals surface area contributed by atoms with Crippen LogP contribution in [0.25, 0.3) is 10.9 Å². The molecule has 4 rings (SSSR count). The first kappa shape index (κ1) is 25.2. The van der Waals surface area contributed by atoms with Crippen LogP contribution in [0.2, 0.25) is 0 Å². The summed E-state index contributed by atoms with van der Waals surface area (Å²) in [7, 11) is 0. The molecule has 0 bridgehead atoms. The van der Waals surface area contributed by atoms with Crippen molar-refractivity contribution in [2.45, 2.75) is 58.7 Å². The van der Waals surface area contributed by atoms with E-state index in [2.05, 4.69) is 27.4 Å². The van der Waals surface area contributed by atoms with E-state index in [0.717, 1.165) is 39.9 Å². The molecule has 2 N–H and O–H groups in total. The summed E-state index contributed by atoms with van der Waals surface area (Å²) in [5.74, 6) is -0.181. The summed E-state index contributed by atoms with van der Waals surface area (Å²) in [5, 5.41) is 3.92. The monoisotopic (exact) mass is 486 g/mol. The van der Waals surface area contributed by atoms with Crippen LogP contribution in [-0.4, -0.2) is 45.8 Å². The Balaban J connectivity index is 1.61. The van der Waals surface area contributed by atoms with E-state index in [4.69, 9.17) is 4.74 Å². The molecular formula is C29H34N4O3. The number of carbonyl (C=O) groups is 2. The second-order valence-electron chi connectivity index (χ2n) is 10.2. The topological polar surface area (TPSA) is 86.8 Å². The zero-order chi connectivity index (χ0) is 25.7. The lowest BCUT2D eigenvalue weighted by Crippen LogP contribution is -2.51. The van der Waals surface area contributed by atoms with Crippen molar-refractivity contribution >= 4 is 28.6 Å². The summed E-state index contributed by atoms with van der Waals surface area (Å²) in [6.07, 6.45) is 4.49. The van der Waals surface area contributed by atoms with Gasteiger partial charge in [-0.15, -0.1) is 0 Å². The standard InChI is InChI=1S/C29H34N4O3/c1-20-10-12-24(31-20)19-33(18-22-11-13-25-23(16-22)14-15-30-25)27(34)26(17-21-8-6-5-7-9-21)32-28(35)36-29(2,3)4/h5-9,11-16,26,30H,10,17-19H2,1-4H3,(H,32,35). The number of hydrogen-bond donors (Lipinski definition) is 2. The SMILES string of the molecule is CC1=NC(CN(Cc2ccc3[nH]ccc3c2)C(=O)C(Cc2ccccc2)NC(=O)OC(C)(C)C)=CC1. The Kier molecular flexibility index (Phi) is 7.58. The summed E-state index contributed by atoms with van der Waals surface area (Å²) in [6, 6.07) is 17.0. The third-order valence-corrected chi connectivity index (χ3v) is 5.89. The average Bonchev–Trinajstić information content (AvgIpc) is 3.45. The van der Waals surface area contributed by atoms with Gasteiger partial charge in [-0.3, -0.25) is 9.79 Å². The molecule has 0 saturated carbocycles. The van der Waals surface area contributed by atoms with E-state index < -0.39 is 17.7 Å². The lowest BCUT2D eigenvalue weighted by Gasteiger charge is -2.29. The minimum absolute atomic E-state index is 0.181. The van der Waals surface area contributed by atoms with Crippen LogP contribution < -0.4 is 5.32 Å². The van der Waals surface area contributed by atoms with Crippen LogP contribution in [0.15, 0.2) is 77.6 Å². The summed E-state index contributed by atoms with van der Waals surface area (Å²) < 4.78 is 5.48. The molecule has 0 aliphatic carbocycles. The molecule has 1 unspecified atom stereocenters. The van der Waals surface area contributed by atoms with Gasteiger partial charge in [0, 0.05) is 36.8 Å². The van der Waals surface area contributed by atoms with Crippen LogP contribution in [0.3, 0.4) is 0 Å². The van der Waals surface area contributed by atoms with Crippen LogP contribution in [0.1, 0.15) is 45.2 Å². The number of ether oxygens (including phenoxy) is 1. The normalized spacial score (nSPS) is 14.2. The second-order valence-corrected chi connectivity index (χ2v) is 10.2. The van der Waals surface area contributed by atoms with Crippen molar-refractivity contribution in [1.82, 2.24) is 15.2 Å². The summed E-state index contributed by atoms with van der Waals surface area (Å²) in [4.78, 5) is 36.3. The van der Waals surface area contributed by atoms with Gasteiger partial charge in [0.05, 0.1) is 12.2 Å². The zero-order valence-electron chi connectivity index (χ0n) is 21.4. The smallest absolute Gasteiger partial charge is 0.408 e. The van der Waals surface area contributed by atoms with E-state index in [1.54, 1.807) is 25.7 Å². The highest BCUT2D eigenvalue weighted by molar-refractivity contribution is 5.88. The van der Waals surface area contributed by atoms with E-state index in [1.807, 2.05) is 61.7 Å². The molecule has 2 heterocycles. The number of nitrogens with zero attached hydrogens (tertiary/aromatic N) is 2.